The van der Waals surface area contributed by atoms with E-state index in [0.29, 0.717) is 0 Å². The van der Waals surface area contributed by atoms with Gasteiger partial charge in [-0.2, -0.15) is 0 Å². The minimum atomic E-state index is 0.787. The van der Waals surface area contributed by atoms with E-state index in [2.05, 4.69) is 137 Å². The first kappa shape index (κ1) is 28.7. The Bertz CT molecular complexity index is 3070. The number of rotatable bonds is 4. The first-order valence-corrected chi connectivity index (χ1v) is 17.4. The van der Waals surface area contributed by atoms with Crippen LogP contribution in [0.1, 0.15) is 0 Å². The van der Waals surface area contributed by atoms with Gasteiger partial charge in [0.1, 0.15) is 0 Å². The number of nitrogens with zero attached hydrogens (tertiary/aromatic N) is 5. The normalized spacial score (nSPS) is 11.8. The van der Waals surface area contributed by atoms with Gasteiger partial charge >= 0.3 is 0 Å². The summed E-state index contributed by atoms with van der Waals surface area (Å²) in [4.78, 5) is 15.1. The van der Waals surface area contributed by atoms with Crippen LogP contribution in [0.4, 0.5) is 0 Å². The minimum absolute atomic E-state index is 0.787. The van der Waals surface area contributed by atoms with Gasteiger partial charge in [0.25, 0.3) is 0 Å². The summed E-state index contributed by atoms with van der Waals surface area (Å²) in [6.45, 7) is 0. The van der Waals surface area contributed by atoms with Crippen LogP contribution in [0.2, 0.25) is 0 Å². The van der Waals surface area contributed by atoms with Crippen molar-refractivity contribution in [1.29, 1.82) is 0 Å². The molecule has 0 spiro atoms. The number of para-hydroxylation sites is 1. The van der Waals surface area contributed by atoms with Gasteiger partial charge < -0.3 is 0 Å². The number of pyridine rings is 3. The van der Waals surface area contributed by atoms with Crippen LogP contribution in [0.3, 0.4) is 0 Å². The van der Waals surface area contributed by atoms with Gasteiger partial charge in [-0.15, -0.1) is 10.2 Å². The molecule has 0 radical (unpaired) electrons. The fourth-order valence-electron chi connectivity index (χ4n) is 7.73. The predicted molar refractivity (Wildman–Crippen MR) is 212 cm³/mol. The van der Waals surface area contributed by atoms with E-state index in [1.165, 1.54) is 33.0 Å². The Labute approximate surface area is 299 Å². The lowest BCUT2D eigenvalue weighted by atomic mass is 9.99. The highest BCUT2D eigenvalue weighted by Gasteiger charge is 2.21. The topological polar surface area (TPSA) is 64.5 Å². The summed E-state index contributed by atoms with van der Waals surface area (Å²) in [6, 6.07) is 55.2. The standard InChI is InChI=1S/C47H27N5/c1-2-13-40-31(6-1)25-35(27-48-40)44-23-22-43(51-52-44)33-10-3-9-32(24-33)41-20-17-29-14-15-30-18-21-42(50-47(30)46(29)49-41)34-16-19-36-37-11-4-7-28-8-5-12-38(45(28)37)39(36)26-34/h1-27H. The van der Waals surface area contributed by atoms with Crippen molar-refractivity contribution in [1.82, 2.24) is 25.1 Å². The van der Waals surface area contributed by atoms with Crippen LogP contribution in [-0.2, 0) is 0 Å². The van der Waals surface area contributed by atoms with Crippen LogP contribution in [0, 0.1) is 0 Å². The van der Waals surface area contributed by atoms with E-state index in [1.54, 1.807) is 0 Å². The van der Waals surface area contributed by atoms with Crippen molar-refractivity contribution in [3.05, 3.63) is 164 Å². The molecule has 6 aromatic carbocycles. The van der Waals surface area contributed by atoms with Gasteiger partial charge in [0, 0.05) is 44.6 Å². The van der Waals surface area contributed by atoms with E-state index in [0.717, 1.165) is 77.7 Å². The number of hydrogen-bond donors (Lipinski definition) is 0. The molecule has 240 valence electrons. The Morgan fingerprint density at radius 1 is 0.327 bits per heavy atom. The Balaban J connectivity index is 0.951. The molecule has 1 aliphatic rings. The van der Waals surface area contributed by atoms with E-state index < -0.39 is 0 Å². The number of aromatic nitrogens is 5. The molecular formula is C47H27N5. The number of fused-ring (bicyclic) bond motifs is 7. The molecule has 4 aromatic heterocycles. The lowest BCUT2D eigenvalue weighted by molar-refractivity contribution is 1.04. The maximum Gasteiger partial charge on any atom is 0.0972 e. The summed E-state index contributed by atoms with van der Waals surface area (Å²) in [5.74, 6) is 0. The molecule has 5 heteroatoms. The van der Waals surface area contributed by atoms with Gasteiger partial charge in [-0.1, -0.05) is 109 Å². The van der Waals surface area contributed by atoms with E-state index in [-0.39, 0.29) is 0 Å². The van der Waals surface area contributed by atoms with Crippen LogP contribution < -0.4 is 0 Å². The highest BCUT2D eigenvalue weighted by Crippen LogP contribution is 2.48. The predicted octanol–water partition coefficient (Wildman–Crippen LogP) is 11.6. The van der Waals surface area contributed by atoms with E-state index >= 15 is 0 Å². The van der Waals surface area contributed by atoms with Crippen molar-refractivity contribution >= 4 is 43.5 Å². The smallest absolute Gasteiger partial charge is 0.0972 e. The second-order valence-corrected chi connectivity index (χ2v) is 13.4. The molecule has 0 saturated heterocycles. The lowest BCUT2D eigenvalue weighted by Crippen LogP contribution is -1.93. The summed E-state index contributed by atoms with van der Waals surface area (Å²) < 4.78 is 0. The number of benzene rings is 6. The number of hydrogen-bond acceptors (Lipinski definition) is 5. The summed E-state index contributed by atoms with van der Waals surface area (Å²) >= 11 is 0. The molecule has 11 rings (SSSR count). The molecule has 4 heterocycles. The van der Waals surface area contributed by atoms with Gasteiger partial charge in [0.2, 0.25) is 0 Å². The molecule has 0 bridgehead atoms. The van der Waals surface area contributed by atoms with Crippen LogP contribution in [0.15, 0.2) is 164 Å². The molecular weight excluding hydrogens is 635 g/mol. The molecule has 10 aromatic rings. The van der Waals surface area contributed by atoms with Crippen molar-refractivity contribution in [3.63, 3.8) is 0 Å². The first-order chi connectivity index (χ1) is 25.7. The molecule has 0 unspecified atom stereocenters. The molecule has 0 amide bonds. The van der Waals surface area contributed by atoms with E-state index in [9.17, 15) is 0 Å². The Kier molecular flexibility index (Phi) is 6.18. The highest BCUT2D eigenvalue weighted by molar-refractivity contribution is 6.15. The molecule has 0 saturated carbocycles. The van der Waals surface area contributed by atoms with Gasteiger partial charge in [0.15, 0.2) is 0 Å². The summed E-state index contributed by atoms with van der Waals surface area (Å²) in [6.07, 6.45) is 1.85. The van der Waals surface area contributed by atoms with E-state index in [4.69, 9.17) is 9.97 Å². The van der Waals surface area contributed by atoms with Crippen molar-refractivity contribution in [2.24, 2.45) is 0 Å². The average molecular weight is 662 g/mol. The molecule has 0 N–H and O–H groups in total. The highest BCUT2D eigenvalue weighted by atomic mass is 15.1. The monoisotopic (exact) mass is 661 g/mol. The zero-order valence-electron chi connectivity index (χ0n) is 27.8. The summed E-state index contributed by atoms with van der Waals surface area (Å²) in [5.41, 5.74) is 15.3. The van der Waals surface area contributed by atoms with Crippen molar-refractivity contribution in [2.45, 2.75) is 0 Å². The van der Waals surface area contributed by atoms with Crippen LogP contribution in [0.5, 0.6) is 0 Å². The van der Waals surface area contributed by atoms with Gasteiger partial charge in [0.05, 0.1) is 39.3 Å². The lowest BCUT2D eigenvalue weighted by Gasteiger charge is -2.10. The molecule has 0 fully saturated rings. The van der Waals surface area contributed by atoms with E-state index in [1.807, 2.05) is 42.6 Å². The molecule has 0 aliphatic heterocycles. The average Bonchev–Trinajstić information content (AvgIpc) is 3.54. The minimum Gasteiger partial charge on any atom is -0.256 e. The second kappa shape index (κ2) is 11.2. The van der Waals surface area contributed by atoms with Crippen LogP contribution in [-0.4, -0.2) is 25.1 Å². The Morgan fingerprint density at radius 3 is 1.63 bits per heavy atom. The molecule has 1 aliphatic carbocycles. The van der Waals surface area contributed by atoms with Crippen LogP contribution in [0.25, 0.3) is 111 Å². The fraction of sp³-hybridized carbons (Fsp3) is 0. The Hall–Kier alpha value is -7.11. The van der Waals surface area contributed by atoms with Crippen molar-refractivity contribution in [2.75, 3.05) is 0 Å². The largest absolute Gasteiger partial charge is 0.256 e. The fourth-order valence-corrected chi connectivity index (χ4v) is 7.73. The maximum atomic E-state index is 5.26. The SMILES string of the molecule is c1cc(-c2ccc(-c3cnc4ccccc4c3)nn2)cc(-c2ccc3ccc4ccc(-c5ccc6c(c5)-c5cccc7cccc-6c57)nc4c3n2)c1. The van der Waals surface area contributed by atoms with Crippen molar-refractivity contribution < 1.29 is 0 Å². The first-order valence-electron chi connectivity index (χ1n) is 17.4. The third kappa shape index (κ3) is 4.53. The van der Waals surface area contributed by atoms with Gasteiger partial charge in [-0.05, 0) is 81.6 Å². The summed E-state index contributed by atoms with van der Waals surface area (Å²) in [7, 11) is 0. The molecule has 52 heavy (non-hydrogen) atoms. The summed E-state index contributed by atoms with van der Waals surface area (Å²) in [5, 5.41) is 15.0. The quantitative estimate of drug-likeness (QED) is 0.176. The molecule has 0 atom stereocenters. The Morgan fingerprint density at radius 2 is 0.904 bits per heavy atom. The van der Waals surface area contributed by atoms with Crippen molar-refractivity contribution in [3.8, 4) is 67.3 Å². The zero-order chi connectivity index (χ0) is 34.2. The van der Waals surface area contributed by atoms with Gasteiger partial charge in [-0.25, -0.2) is 9.97 Å². The molecule has 5 nitrogen and oxygen atoms in total. The third-order valence-corrected chi connectivity index (χ3v) is 10.3. The zero-order valence-corrected chi connectivity index (χ0v) is 27.8. The van der Waals surface area contributed by atoms with Gasteiger partial charge in [-0.3, -0.25) is 4.98 Å². The van der Waals surface area contributed by atoms with Crippen LogP contribution >= 0.6 is 0 Å². The maximum absolute atomic E-state index is 5.26. The third-order valence-electron chi connectivity index (χ3n) is 10.3. The second-order valence-electron chi connectivity index (χ2n) is 13.4.